The van der Waals surface area contributed by atoms with E-state index in [1.807, 2.05) is 0 Å². The van der Waals surface area contributed by atoms with E-state index in [0.29, 0.717) is 11.4 Å². The molecule has 1 aromatic rings. The molecular formula is C14H17F2NO2S. The number of carbonyl (C=O) groups is 1. The molecule has 2 unspecified atom stereocenters. The first-order chi connectivity index (χ1) is 9.56. The van der Waals surface area contributed by atoms with Gasteiger partial charge in [-0.1, -0.05) is 6.42 Å². The Balaban J connectivity index is 1.73. The summed E-state index contributed by atoms with van der Waals surface area (Å²) in [6.45, 7) is 0.471. The van der Waals surface area contributed by atoms with Crippen LogP contribution in [-0.4, -0.2) is 29.4 Å². The number of rotatable bonds is 5. The summed E-state index contributed by atoms with van der Waals surface area (Å²) in [6, 6.07) is 3.57. The maximum absolute atomic E-state index is 13.0. The molecule has 1 aromatic carbocycles. The van der Waals surface area contributed by atoms with E-state index < -0.39 is 11.6 Å². The molecule has 1 aliphatic carbocycles. The zero-order chi connectivity index (χ0) is 14.5. The number of carbonyl (C=O) groups excluding carboxylic acids is 1. The standard InChI is InChI=1S/C14H17F2NO2S/c15-11-5-4-10(6-12(11)16)20-8-14(19)17-7-9-2-1-3-13(9)18/h4-6,9,13,18H,1-3,7-8H2,(H,17,19). The number of hydrogen-bond acceptors (Lipinski definition) is 3. The Kier molecular flexibility index (Phi) is 5.37. The smallest absolute Gasteiger partial charge is 0.230 e. The van der Waals surface area contributed by atoms with E-state index in [1.165, 1.54) is 6.07 Å². The first-order valence-corrected chi connectivity index (χ1v) is 7.57. The molecule has 0 radical (unpaired) electrons. The fourth-order valence-corrected chi connectivity index (χ4v) is 3.02. The van der Waals surface area contributed by atoms with Gasteiger partial charge in [0.05, 0.1) is 11.9 Å². The van der Waals surface area contributed by atoms with Gasteiger partial charge in [0.25, 0.3) is 0 Å². The molecule has 2 rings (SSSR count). The van der Waals surface area contributed by atoms with Gasteiger partial charge in [0.2, 0.25) is 5.91 Å². The number of halogens is 2. The van der Waals surface area contributed by atoms with Gasteiger partial charge in [-0.2, -0.15) is 0 Å². The van der Waals surface area contributed by atoms with Crippen molar-refractivity contribution < 1.29 is 18.7 Å². The first-order valence-electron chi connectivity index (χ1n) is 6.59. The molecule has 110 valence electrons. The van der Waals surface area contributed by atoms with Crippen molar-refractivity contribution in [1.29, 1.82) is 0 Å². The van der Waals surface area contributed by atoms with Gasteiger partial charge in [-0.05, 0) is 31.0 Å². The Hall–Kier alpha value is -1.14. The van der Waals surface area contributed by atoms with E-state index in [2.05, 4.69) is 5.32 Å². The van der Waals surface area contributed by atoms with Crippen LogP contribution in [0, 0.1) is 17.6 Å². The van der Waals surface area contributed by atoms with Crippen molar-refractivity contribution in [3.63, 3.8) is 0 Å². The number of amides is 1. The minimum atomic E-state index is -0.913. The summed E-state index contributed by atoms with van der Waals surface area (Å²) in [5.41, 5.74) is 0. The zero-order valence-corrected chi connectivity index (χ0v) is 11.8. The molecule has 2 N–H and O–H groups in total. The van der Waals surface area contributed by atoms with Gasteiger partial charge in [-0.15, -0.1) is 11.8 Å². The van der Waals surface area contributed by atoms with Gasteiger partial charge in [-0.25, -0.2) is 8.78 Å². The highest BCUT2D eigenvalue weighted by Gasteiger charge is 2.25. The lowest BCUT2D eigenvalue weighted by Gasteiger charge is -2.14. The largest absolute Gasteiger partial charge is 0.393 e. The van der Waals surface area contributed by atoms with E-state index in [-0.39, 0.29) is 23.7 Å². The molecule has 0 bridgehead atoms. The molecule has 3 nitrogen and oxygen atoms in total. The van der Waals surface area contributed by atoms with Crippen molar-refractivity contribution >= 4 is 17.7 Å². The molecule has 6 heteroatoms. The molecule has 1 saturated carbocycles. The number of benzene rings is 1. The van der Waals surface area contributed by atoms with Crippen molar-refractivity contribution in [1.82, 2.24) is 5.32 Å². The van der Waals surface area contributed by atoms with Crippen molar-refractivity contribution in [3.05, 3.63) is 29.8 Å². The third-order valence-corrected chi connectivity index (χ3v) is 4.44. The van der Waals surface area contributed by atoms with E-state index in [0.717, 1.165) is 43.2 Å². The van der Waals surface area contributed by atoms with Crippen LogP contribution in [0.15, 0.2) is 23.1 Å². The normalized spacial score (nSPS) is 21.9. The summed E-state index contributed by atoms with van der Waals surface area (Å²) in [4.78, 5) is 12.2. The van der Waals surface area contributed by atoms with Crippen molar-refractivity contribution in [2.75, 3.05) is 12.3 Å². The predicted octanol–water partition coefficient (Wildman–Crippen LogP) is 2.33. The molecule has 20 heavy (non-hydrogen) atoms. The summed E-state index contributed by atoms with van der Waals surface area (Å²) in [6.07, 6.45) is 2.39. The minimum absolute atomic E-state index is 0.132. The van der Waals surface area contributed by atoms with Crippen LogP contribution in [-0.2, 0) is 4.79 Å². The average molecular weight is 301 g/mol. The second kappa shape index (κ2) is 7.04. The summed E-state index contributed by atoms with van der Waals surface area (Å²) in [5.74, 6) is -1.70. The van der Waals surface area contributed by atoms with Crippen molar-refractivity contribution in [2.24, 2.45) is 5.92 Å². The fourth-order valence-electron chi connectivity index (χ4n) is 2.27. The number of aliphatic hydroxyl groups excluding tert-OH is 1. The number of nitrogens with one attached hydrogen (secondary N) is 1. The molecule has 0 heterocycles. The Morgan fingerprint density at radius 2 is 2.15 bits per heavy atom. The molecule has 0 aliphatic heterocycles. The molecule has 1 fully saturated rings. The summed E-state index contributed by atoms with van der Waals surface area (Å²) in [7, 11) is 0. The van der Waals surface area contributed by atoms with Crippen LogP contribution in [0.1, 0.15) is 19.3 Å². The van der Waals surface area contributed by atoms with E-state index in [4.69, 9.17) is 0 Å². The molecule has 0 spiro atoms. The van der Waals surface area contributed by atoms with E-state index in [1.54, 1.807) is 0 Å². The van der Waals surface area contributed by atoms with E-state index >= 15 is 0 Å². The number of thioether (sulfide) groups is 1. The van der Waals surface area contributed by atoms with Crippen LogP contribution in [0.25, 0.3) is 0 Å². The molecule has 0 saturated heterocycles. The van der Waals surface area contributed by atoms with Crippen LogP contribution in [0.4, 0.5) is 8.78 Å². The van der Waals surface area contributed by atoms with Crippen molar-refractivity contribution in [2.45, 2.75) is 30.3 Å². The lowest BCUT2D eigenvalue weighted by Crippen LogP contribution is -2.33. The molecule has 1 aliphatic rings. The first kappa shape index (κ1) is 15.3. The highest BCUT2D eigenvalue weighted by atomic mass is 32.2. The zero-order valence-electron chi connectivity index (χ0n) is 10.9. The SMILES string of the molecule is O=C(CSc1ccc(F)c(F)c1)NCC1CCCC1O. The van der Waals surface area contributed by atoms with Gasteiger partial charge in [0.1, 0.15) is 0 Å². The second-order valence-electron chi connectivity index (χ2n) is 4.93. The van der Waals surface area contributed by atoms with Gasteiger partial charge < -0.3 is 10.4 Å². The second-order valence-corrected chi connectivity index (χ2v) is 5.98. The van der Waals surface area contributed by atoms with Crippen LogP contribution in [0.3, 0.4) is 0 Å². The van der Waals surface area contributed by atoms with Gasteiger partial charge in [0.15, 0.2) is 11.6 Å². The Morgan fingerprint density at radius 3 is 2.80 bits per heavy atom. The van der Waals surface area contributed by atoms with Crippen LogP contribution < -0.4 is 5.32 Å². The number of hydrogen-bond donors (Lipinski definition) is 2. The minimum Gasteiger partial charge on any atom is -0.393 e. The van der Waals surface area contributed by atoms with Gasteiger partial charge in [-0.3, -0.25) is 4.79 Å². The highest BCUT2D eigenvalue weighted by Crippen LogP contribution is 2.25. The van der Waals surface area contributed by atoms with Crippen molar-refractivity contribution in [3.8, 4) is 0 Å². The third kappa shape index (κ3) is 4.18. The Bertz CT molecular complexity index is 484. The van der Waals surface area contributed by atoms with Crippen LogP contribution in [0.2, 0.25) is 0 Å². The molecule has 1 amide bonds. The molecular weight excluding hydrogens is 284 g/mol. The summed E-state index contributed by atoms with van der Waals surface area (Å²) in [5, 5.41) is 12.4. The third-order valence-electron chi connectivity index (χ3n) is 3.44. The summed E-state index contributed by atoms with van der Waals surface area (Å²) < 4.78 is 25.7. The Morgan fingerprint density at radius 1 is 1.35 bits per heavy atom. The average Bonchev–Trinajstić information content (AvgIpc) is 2.83. The lowest BCUT2D eigenvalue weighted by atomic mass is 10.1. The van der Waals surface area contributed by atoms with Crippen LogP contribution >= 0.6 is 11.8 Å². The maximum atomic E-state index is 13.0. The topological polar surface area (TPSA) is 49.3 Å². The predicted molar refractivity (Wildman–Crippen MR) is 73.4 cm³/mol. The maximum Gasteiger partial charge on any atom is 0.230 e. The molecule has 2 atom stereocenters. The Labute approximate surface area is 120 Å². The number of aliphatic hydroxyl groups is 1. The monoisotopic (exact) mass is 301 g/mol. The molecule has 0 aromatic heterocycles. The quantitative estimate of drug-likeness (QED) is 0.821. The van der Waals surface area contributed by atoms with Gasteiger partial charge in [0, 0.05) is 17.4 Å². The summed E-state index contributed by atoms with van der Waals surface area (Å²) >= 11 is 1.15. The van der Waals surface area contributed by atoms with Gasteiger partial charge >= 0.3 is 0 Å². The highest BCUT2D eigenvalue weighted by molar-refractivity contribution is 8.00. The van der Waals surface area contributed by atoms with Crippen LogP contribution in [0.5, 0.6) is 0 Å². The lowest BCUT2D eigenvalue weighted by molar-refractivity contribution is -0.118. The van der Waals surface area contributed by atoms with E-state index in [9.17, 15) is 18.7 Å². The fraction of sp³-hybridized carbons (Fsp3) is 0.500.